The predicted octanol–water partition coefficient (Wildman–Crippen LogP) is 4.81. The van der Waals surface area contributed by atoms with E-state index in [1.54, 1.807) is 12.1 Å². The molecule has 0 saturated heterocycles. The van der Waals surface area contributed by atoms with E-state index in [1.165, 1.54) is 0 Å². The van der Waals surface area contributed by atoms with Gasteiger partial charge in [-0.15, -0.1) is 0 Å². The third kappa shape index (κ3) is 2.87. The minimum Gasteiger partial charge on any atom is -0.323 e. The molecule has 0 fully saturated rings. The molecule has 0 atom stereocenters. The molecule has 0 bridgehead atoms. The highest BCUT2D eigenvalue weighted by molar-refractivity contribution is 6.34. The maximum absolute atomic E-state index is 12.0. The Bertz CT molecular complexity index is 1450. The SMILES string of the molecule is Cc1cc(-c2cc3c(=O)[nH][nH]c3cc2Cl)nc(Nc2n[nH]c3ccccc23)c1C. The lowest BCUT2D eigenvalue weighted by Crippen LogP contribution is -2.02. The van der Waals surface area contributed by atoms with Crippen LogP contribution in [0, 0.1) is 13.8 Å². The number of aromatic nitrogens is 5. The van der Waals surface area contributed by atoms with E-state index in [0.29, 0.717) is 38.8 Å². The van der Waals surface area contributed by atoms with Crippen LogP contribution in [0.5, 0.6) is 0 Å². The van der Waals surface area contributed by atoms with E-state index in [0.717, 1.165) is 22.0 Å². The summed E-state index contributed by atoms with van der Waals surface area (Å²) in [4.78, 5) is 16.8. The third-order valence-corrected chi connectivity index (χ3v) is 5.49. The van der Waals surface area contributed by atoms with Crippen molar-refractivity contribution >= 4 is 45.0 Å². The number of nitrogens with one attached hydrogen (secondary N) is 4. The average molecular weight is 405 g/mol. The first kappa shape index (κ1) is 17.5. The molecule has 2 aromatic carbocycles. The van der Waals surface area contributed by atoms with Crippen molar-refractivity contribution < 1.29 is 0 Å². The minimum atomic E-state index is -0.192. The van der Waals surface area contributed by atoms with Crippen molar-refractivity contribution in [3.63, 3.8) is 0 Å². The molecule has 4 N–H and O–H groups in total. The zero-order valence-corrected chi connectivity index (χ0v) is 16.5. The number of nitrogens with zero attached hydrogens (tertiary/aromatic N) is 2. The van der Waals surface area contributed by atoms with Crippen LogP contribution in [-0.2, 0) is 0 Å². The summed E-state index contributed by atoms with van der Waals surface area (Å²) in [6.07, 6.45) is 0. The maximum Gasteiger partial charge on any atom is 0.271 e. The first-order valence-corrected chi connectivity index (χ1v) is 9.47. The molecule has 0 aliphatic heterocycles. The number of H-pyrrole nitrogens is 3. The molecular weight excluding hydrogens is 388 g/mol. The molecule has 29 heavy (non-hydrogen) atoms. The van der Waals surface area contributed by atoms with Crippen LogP contribution in [0.15, 0.2) is 47.3 Å². The quantitative estimate of drug-likeness (QED) is 0.346. The Kier molecular flexibility index (Phi) is 3.92. The van der Waals surface area contributed by atoms with Gasteiger partial charge >= 0.3 is 0 Å². The lowest BCUT2D eigenvalue weighted by atomic mass is 10.0. The maximum atomic E-state index is 12.0. The van der Waals surface area contributed by atoms with Gasteiger partial charge in [-0.05, 0) is 55.3 Å². The van der Waals surface area contributed by atoms with E-state index in [2.05, 4.69) is 25.7 Å². The second-order valence-electron chi connectivity index (χ2n) is 7.00. The monoisotopic (exact) mass is 404 g/mol. The van der Waals surface area contributed by atoms with Gasteiger partial charge in [0, 0.05) is 10.9 Å². The van der Waals surface area contributed by atoms with Gasteiger partial charge in [0.1, 0.15) is 5.82 Å². The summed E-state index contributed by atoms with van der Waals surface area (Å²) in [5.41, 5.74) is 4.86. The number of benzene rings is 2. The number of rotatable bonds is 3. The number of hydrogen-bond donors (Lipinski definition) is 4. The number of aryl methyl sites for hydroxylation is 1. The van der Waals surface area contributed by atoms with Crippen LogP contribution in [-0.4, -0.2) is 25.4 Å². The van der Waals surface area contributed by atoms with E-state index >= 15 is 0 Å². The van der Waals surface area contributed by atoms with Crippen LogP contribution < -0.4 is 10.9 Å². The summed E-state index contributed by atoms with van der Waals surface area (Å²) in [5.74, 6) is 1.40. The Morgan fingerprint density at radius 3 is 2.66 bits per heavy atom. The lowest BCUT2D eigenvalue weighted by Gasteiger charge is -2.13. The highest BCUT2D eigenvalue weighted by atomic mass is 35.5. The Hall–Kier alpha value is -3.58. The summed E-state index contributed by atoms with van der Waals surface area (Å²) in [6.45, 7) is 4.02. The number of fused-ring (bicyclic) bond motifs is 2. The van der Waals surface area contributed by atoms with Crippen LogP contribution in [0.3, 0.4) is 0 Å². The van der Waals surface area contributed by atoms with E-state index in [-0.39, 0.29) is 5.56 Å². The van der Waals surface area contributed by atoms with Crippen molar-refractivity contribution in [1.29, 1.82) is 0 Å². The molecule has 0 spiro atoms. The number of halogens is 1. The van der Waals surface area contributed by atoms with Gasteiger partial charge in [-0.25, -0.2) is 4.98 Å². The fourth-order valence-electron chi connectivity index (χ4n) is 3.42. The first-order chi connectivity index (χ1) is 14.0. The summed E-state index contributed by atoms with van der Waals surface area (Å²) in [7, 11) is 0. The predicted molar refractivity (Wildman–Crippen MR) is 116 cm³/mol. The van der Waals surface area contributed by atoms with Gasteiger partial charge < -0.3 is 5.32 Å². The molecule has 7 nitrogen and oxygen atoms in total. The molecule has 0 aliphatic rings. The van der Waals surface area contributed by atoms with Crippen LogP contribution >= 0.6 is 11.6 Å². The molecule has 5 aromatic rings. The third-order valence-electron chi connectivity index (χ3n) is 5.18. The lowest BCUT2D eigenvalue weighted by molar-refractivity contribution is 1.08. The fraction of sp³-hybridized carbons (Fsp3) is 0.0952. The first-order valence-electron chi connectivity index (χ1n) is 9.10. The van der Waals surface area contributed by atoms with Gasteiger partial charge in [-0.3, -0.25) is 20.1 Å². The molecule has 0 unspecified atom stereocenters. The molecule has 0 saturated carbocycles. The van der Waals surface area contributed by atoms with Gasteiger partial charge in [-0.2, -0.15) is 5.10 Å². The molecule has 8 heteroatoms. The molecule has 5 rings (SSSR count). The number of anilines is 2. The normalized spacial score (nSPS) is 11.4. The van der Waals surface area contributed by atoms with Crippen molar-refractivity contribution in [3.05, 3.63) is 69.0 Å². The van der Waals surface area contributed by atoms with Crippen LogP contribution in [0.4, 0.5) is 11.6 Å². The second-order valence-corrected chi connectivity index (χ2v) is 7.40. The molecule has 0 amide bonds. The summed E-state index contributed by atoms with van der Waals surface area (Å²) in [5, 5.41) is 18.2. The smallest absolute Gasteiger partial charge is 0.271 e. The van der Waals surface area contributed by atoms with Crippen LogP contribution in [0.1, 0.15) is 11.1 Å². The molecule has 144 valence electrons. The Morgan fingerprint density at radius 1 is 0.966 bits per heavy atom. The van der Waals surface area contributed by atoms with Gasteiger partial charge in [0.05, 0.1) is 27.1 Å². The van der Waals surface area contributed by atoms with Crippen molar-refractivity contribution in [3.8, 4) is 11.3 Å². The zero-order valence-electron chi connectivity index (χ0n) is 15.7. The van der Waals surface area contributed by atoms with Gasteiger partial charge in [0.25, 0.3) is 5.56 Å². The number of aromatic amines is 3. The van der Waals surface area contributed by atoms with Crippen molar-refractivity contribution in [2.24, 2.45) is 0 Å². The molecule has 3 heterocycles. The molecule has 0 aliphatic carbocycles. The summed E-state index contributed by atoms with van der Waals surface area (Å²) in [6, 6.07) is 13.4. The van der Waals surface area contributed by atoms with Crippen LogP contribution in [0.25, 0.3) is 33.1 Å². The largest absolute Gasteiger partial charge is 0.323 e. The molecule has 3 aromatic heterocycles. The summed E-state index contributed by atoms with van der Waals surface area (Å²) < 4.78 is 0. The number of pyridine rings is 1. The Morgan fingerprint density at radius 2 is 1.79 bits per heavy atom. The van der Waals surface area contributed by atoms with Gasteiger partial charge in [-0.1, -0.05) is 23.7 Å². The van der Waals surface area contributed by atoms with Gasteiger partial charge in [0.15, 0.2) is 5.82 Å². The molecular formula is C21H17ClN6O. The fourth-order valence-corrected chi connectivity index (χ4v) is 3.68. The van der Waals surface area contributed by atoms with Crippen molar-refractivity contribution in [2.45, 2.75) is 13.8 Å². The highest BCUT2D eigenvalue weighted by Crippen LogP contribution is 2.33. The van der Waals surface area contributed by atoms with E-state index in [4.69, 9.17) is 16.6 Å². The minimum absolute atomic E-state index is 0.192. The van der Waals surface area contributed by atoms with Crippen LogP contribution in [0.2, 0.25) is 5.02 Å². The van der Waals surface area contributed by atoms with E-state index < -0.39 is 0 Å². The standard InChI is InChI=1S/C21H17ClN6O/c1-10-7-17(13-8-14-18(9-15(13)22)26-28-21(14)29)23-19(11(10)2)24-20-12-5-3-4-6-16(12)25-27-20/h3-9H,1-2H3,(H2,26,28,29)(H2,23,24,25,27). The highest BCUT2D eigenvalue weighted by Gasteiger charge is 2.15. The second kappa shape index (κ2) is 6.49. The number of hydrogen-bond acceptors (Lipinski definition) is 4. The van der Waals surface area contributed by atoms with E-state index in [9.17, 15) is 4.79 Å². The molecule has 0 radical (unpaired) electrons. The Balaban J connectivity index is 1.65. The van der Waals surface area contributed by atoms with Crippen molar-refractivity contribution in [1.82, 2.24) is 25.4 Å². The van der Waals surface area contributed by atoms with Gasteiger partial charge in [0.2, 0.25) is 0 Å². The zero-order chi connectivity index (χ0) is 20.1. The Labute approximate surface area is 170 Å². The number of para-hydroxylation sites is 1. The van der Waals surface area contributed by atoms with Crippen molar-refractivity contribution in [2.75, 3.05) is 5.32 Å². The summed E-state index contributed by atoms with van der Waals surface area (Å²) >= 11 is 6.50. The van der Waals surface area contributed by atoms with E-state index in [1.807, 2.05) is 44.2 Å². The average Bonchev–Trinajstić information content (AvgIpc) is 3.28. The topological polar surface area (TPSA) is 102 Å².